The van der Waals surface area contributed by atoms with Gasteiger partial charge in [-0.15, -0.1) is 0 Å². The standard InChI is InChI=1S/C20H21FN4O2/c1-3-5-17-19(23-20(26)22-15-10-8-14(21)9-11-15)18(25-24-17)13-6-4-7-16(12-13)27-2/h4,6-12H,3,5H2,1-2H3,(H,24,25)(H2,22,23,26). The molecule has 3 N–H and O–H groups in total. The molecule has 1 aromatic heterocycles. The Labute approximate surface area is 156 Å². The van der Waals surface area contributed by atoms with Gasteiger partial charge in [0, 0.05) is 11.3 Å². The zero-order valence-electron chi connectivity index (χ0n) is 15.2. The number of aryl methyl sites for hydroxylation is 1. The van der Waals surface area contributed by atoms with Crippen molar-refractivity contribution in [3.8, 4) is 17.0 Å². The van der Waals surface area contributed by atoms with Gasteiger partial charge in [-0.3, -0.25) is 5.10 Å². The average Bonchev–Trinajstić information content (AvgIpc) is 3.06. The molecule has 0 aliphatic carbocycles. The van der Waals surface area contributed by atoms with Gasteiger partial charge in [0.2, 0.25) is 0 Å². The summed E-state index contributed by atoms with van der Waals surface area (Å²) in [5, 5.41) is 12.9. The molecule has 0 radical (unpaired) electrons. The number of anilines is 2. The lowest BCUT2D eigenvalue weighted by Crippen LogP contribution is -2.20. The van der Waals surface area contributed by atoms with E-state index >= 15 is 0 Å². The van der Waals surface area contributed by atoms with Crippen LogP contribution in [-0.4, -0.2) is 23.3 Å². The minimum Gasteiger partial charge on any atom is -0.497 e. The molecule has 2 aromatic carbocycles. The van der Waals surface area contributed by atoms with Crippen LogP contribution >= 0.6 is 0 Å². The van der Waals surface area contributed by atoms with Crippen LogP contribution in [0.15, 0.2) is 48.5 Å². The van der Waals surface area contributed by atoms with Gasteiger partial charge in [0.1, 0.15) is 17.3 Å². The van der Waals surface area contributed by atoms with Crippen LogP contribution < -0.4 is 15.4 Å². The number of carbonyl (C=O) groups excluding carboxylic acids is 1. The van der Waals surface area contributed by atoms with Crippen molar-refractivity contribution in [1.82, 2.24) is 10.2 Å². The largest absolute Gasteiger partial charge is 0.497 e. The molecule has 27 heavy (non-hydrogen) atoms. The first-order chi connectivity index (χ1) is 13.1. The van der Waals surface area contributed by atoms with E-state index in [0.29, 0.717) is 22.8 Å². The molecule has 0 atom stereocenters. The molecule has 0 aliphatic heterocycles. The van der Waals surface area contributed by atoms with Crippen molar-refractivity contribution in [2.24, 2.45) is 0 Å². The summed E-state index contributed by atoms with van der Waals surface area (Å²) in [6.45, 7) is 2.05. The lowest BCUT2D eigenvalue weighted by atomic mass is 10.1. The van der Waals surface area contributed by atoms with Crippen molar-refractivity contribution in [3.05, 3.63) is 60.0 Å². The van der Waals surface area contributed by atoms with E-state index in [9.17, 15) is 9.18 Å². The number of halogens is 1. The van der Waals surface area contributed by atoms with Gasteiger partial charge in [-0.25, -0.2) is 9.18 Å². The molecular weight excluding hydrogens is 347 g/mol. The first kappa shape index (κ1) is 18.4. The van der Waals surface area contributed by atoms with Crippen LogP contribution in [0.1, 0.15) is 19.0 Å². The molecule has 0 fully saturated rings. The number of nitrogens with zero attached hydrogens (tertiary/aromatic N) is 1. The Kier molecular flexibility index (Phi) is 5.71. The van der Waals surface area contributed by atoms with Gasteiger partial charge in [0.25, 0.3) is 0 Å². The Morgan fingerprint density at radius 1 is 1.19 bits per heavy atom. The molecule has 0 spiro atoms. The van der Waals surface area contributed by atoms with Gasteiger partial charge < -0.3 is 15.4 Å². The summed E-state index contributed by atoms with van der Waals surface area (Å²) in [5.41, 5.74) is 3.41. The first-order valence-electron chi connectivity index (χ1n) is 8.66. The second kappa shape index (κ2) is 8.35. The molecule has 0 saturated heterocycles. The lowest BCUT2D eigenvalue weighted by Gasteiger charge is -2.10. The monoisotopic (exact) mass is 368 g/mol. The number of hydrogen-bond acceptors (Lipinski definition) is 3. The summed E-state index contributed by atoms with van der Waals surface area (Å²) in [6.07, 6.45) is 1.64. The Bertz CT molecular complexity index is 922. The number of ether oxygens (including phenoxy) is 1. The van der Waals surface area contributed by atoms with Crippen molar-refractivity contribution in [2.75, 3.05) is 17.7 Å². The van der Waals surface area contributed by atoms with Crippen LogP contribution in [0.3, 0.4) is 0 Å². The summed E-state index contributed by atoms with van der Waals surface area (Å²) in [5.74, 6) is 0.343. The quantitative estimate of drug-likeness (QED) is 0.583. The fourth-order valence-electron chi connectivity index (χ4n) is 2.73. The van der Waals surface area contributed by atoms with Crippen LogP contribution in [0.5, 0.6) is 5.75 Å². The highest BCUT2D eigenvalue weighted by molar-refractivity contribution is 6.02. The van der Waals surface area contributed by atoms with Crippen LogP contribution in [0.25, 0.3) is 11.3 Å². The normalized spacial score (nSPS) is 10.5. The third-order valence-corrected chi connectivity index (χ3v) is 4.03. The molecule has 0 aliphatic rings. The highest BCUT2D eigenvalue weighted by Crippen LogP contribution is 2.31. The van der Waals surface area contributed by atoms with E-state index in [4.69, 9.17) is 4.74 Å². The molecule has 0 unspecified atom stereocenters. The van der Waals surface area contributed by atoms with Gasteiger partial charge in [-0.1, -0.05) is 25.5 Å². The SMILES string of the molecule is CCCc1[nH]nc(-c2cccc(OC)c2)c1NC(=O)Nc1ccc(F)cc1. The smallest absolute Gasteiger partial charge is 0.323 e. The topological polar surface area (TPSA) is 79.0 Å². The molecule has 0 bridgehead atoms. The maximum absolute atomic E-state index is 13.0. The molecule has 6 nitrogen and oxygen atoms in total. The molecule has 3 aromatic rings. The van der Waals surface area contributed by atoms with Gasteiger partial charge in [-0.2, -0.15) is 5.10 Å². The maximum atomic E-state index is 13.0. The maximum Gasteiger partial charge on any atom is 0.323 e. The number of rotatable bonds is 6. The Hall–Kier alpha value is -3.35. The van der Waals surface area contributed by atoms with Crippen molar-refractivity contribution >= 4 is 17.4 Å². The van der Waals surface area contributed by atoms with Crippen LogP contribution in [0.2, 0.25) is 0 Å². The highest BCUT2D eigenvalue weighted by atomic mass is 19.1. The van der Waals surface area contributed by atoms with Crippen molar-refractivity contribution in [2.45, 2.75) is 19.8 Å². The van der Waals surface area contributed by atoms with E-state index in [-0.39, 0.29) is 5.82 Å². The Balaban J connectivity index is 1.87. The van der Waals surface area contributed by atoms with E-state index in [1.807, 2.05) is 24.3 Å². The van der Waals surface area contributed by atoms with E-state index in [0.717, 1.165) is 24.1 Å². The second-order valence-corrected chi connectivity index (χ2v) is 5.99. The van der Waals surface area contributed by atoms with Crippen molar-refractivity contribution in [3.63, 3.8) is 0 Å². The summed E-state index contributed by atoms with van der Waals surface area (Å²) in [4.78, 5) is 12.4. The minimum atomic E-state index is -0.426. The number of methoxy groups -OCH3 is 1. The zero-order valence-corrected chi connectivity index (χ0v) is 15.2. The van der Waals surface area contributed by atoms with E-state index < -0.39 is 6.03 Å². The third kappa shape index (κ3) is 4.44. The van der Waals surface area contributed by atoms with Gasteiger partial charge in [0.05, 0.1) is 18.5 Å². The minimum absolute atomic E-state index is 0.360. The molecule has 0 saturated carbocycles. The molecule has 7 heteroatoms. The fraction of sp³-hybridized carbons (Fsp3) is 0.200. The van der Waals surface area contributed by atoms with E-state index in [1.165, 1.54) is 24.3 Å². The number of urea groups is 1. The van der Waals surface area contributed by atoms with Gasteiger partial charge >= 0.3 is 6.03 Å². The predicted octanol–water partition coefficient (Wildman–Crippen LogP) is 4.82. The number of benzene rings is 2. The van der Waals surface area contributed by atoms with Crippen molar-refractivity contribution in [1.29, 1.82) is 0 Å². The predicted molar refractivity (Wildman–Crippen MR) is 104 cm³/mol. The number of nitrogens with one attached hydrogen (secondary N) is 3. The first-order valence-corrected chi connectivity index (χ1v) is 8.66. The summed E-state index contributed by atoms with van der Waals surface area (Å²) in [6, 6.07) is 12.6. The Morgan fingerprint density at radius 3 is 2.67 bits per heavy atom. The van der Waals surface area contributed by atoms with Crippen molar-refractivity contribution < 1.29 is 13.9 Å². The number of H-pyrrole nitrogens is 1. The zero-order chi connectivity index (χ0) is 19.2. The van der Waals surface area contributed by atoms with E-state index in [1.54, 1.807) is 7.11 Å². The molecule has 3 rings (SSSR count). The Morgan fingerprint density at radius 2 is 1.96 bits per heavy atom. The third-order valence-electron chi connectivity index (χ3n) is 4.03. The highest BCUT2D eigenvalue weighted by Gasteiger charge is 2.17. The second-order valence-electron chi connectivity index (χ2n) is 5.99. The van der Waals surface area contributed by atoms with Crippen LogP contribution in [0.4, 0.5) is 20.6 Å². The summed E-state index contributed by atoms with van der Waals surface area (Å²) < 4.78 is 18.3. The number of hydrogen-bond donors (Lipinski definition) is 3. The number of aromatic amines is 1. The fourth-order valence-corrected chi connectivity index (χ4v) is 2.73. The van der Waals surface area contributed by atoms with E-state index in [2.05, 4.69) is 27.8 Å². The summed E-state index contributed by atoms with van der Waals surface area (Å²) in [7, 11) is 1.60. The molecular formula is C20H21FN4O2. The molecule has 140 valence electrons. The van der Waals surface area contributed by atoms with Gasteiger partial charge in [-0.05, 0) is 42.8 Å². The average molecular weight is 368 g/mol. The lowest BCUT2D eigenvalue weighted by molar-refractivity contribution is 0.262. The van der Waals surface area contributed by atoms with Gasteiger partial charge in [0.15, 0.2) is 0 Å². The molecule has 1 heterocycles. The number of carbonyl (C=O) groups is 1. The molecule has 2 amide bonds. The summed E-state index contributed by atoms with van der Waals surface area (Å²) >= 11 is 0. The van der Waals surface area contributed by atoms with Crippen LogP contribution in [0, 0.1) is 5.82 Å². The van der Waals surface area contributed by atoms with Crippen LogP contribution in [-0.2, 0) is 6.42 Å². The number of amides is 2. The number of aromatic nitrogens is 2.